The van der Waals surface area contributed by atoms with Crippen LogP contribution in [0.1, 0.15) is 26.3 Å². The van der Waals surface area contributed by atoms with E-state index in [2.05, 4.69) is 38.4 Å². The van der Waals surface area contributed by atoms with Gasteiger partial charge in [-0.1, -0.05) is 13.8 Å². The summed E-state index contributed by atoms with van der Waals surface area (Å²) in [4.78, 5) is 1.22. The number of thioether (sulfide) groups is 1. The maximum Gasteiger partial charge on any atom is 0.161 e. The van der Waals surface area contributed by atoms with Crippen LogP contribution >= 0.6 is 11.8 Å². The maximum atomic E-state index is 5.37. The molecule has 0 saturated carbocycles. The van der Waals surface area contributed by atoms with Crippen molar-refractivity contribution in [1.82, 2.24) is 5.32 Å². The number of methoxy groups -OCH3 is 2. The molecule has 0 amide bonds. The molecule has 19 heavy (non-hydrogen) atoms. The van der Waals surface area contributed by atoms with E-state index in [1.54, 1.807) is 26.0 Å². The van der Waals surface area contributed by atoms with Gasteiger partial charge in [-0.25, -0.2) is 0 Å². The molecule has 0 spiro atoms. The molecule has 1 aromatic carbocycles. The maximum absolute atomic E-state index is 5.37. The van der Waals surface area contributed by atoms with Crippen LogP contribution in [0.15, 0.2) is 17.0 Å². The van der Waals surface area contributed by atoms with Gasteiger partial charge in [0.25, 0.3) is 0 Å². The van der Waals surface area contributed by atoms with Crippen LogP contribution in [0, 0.1) is 5.92 Å². The quantitative estimate of drug-likeness (QED) is 0.775. The topological polar surface area (TPSA) is 30.5 Å². The van der Waals surface area contributed by atoms with Crippen molar-refractivity contribution in [3.63, 3.8) is 0 Å². The molecule has 0 aliphatic carbocycles. The summed E-state index contributed by atoms with van der Waals surface area (Å²) in [5.74, 6) is 2.19. The molecule has 4 heteroatoms. The van der Waals surface area contributed by atoms with Gasteiger partial charge in [0.1, 0.15) is 0 Å². The van der Waals surface area contributed by atoms with Crippen molar-refractivity contribution in [2.75, 3.05) is 20.5 Å². The van der Waals surface area contributed by atoms with E-state index in [1.165, 1.54) is 10.5 Å². The first-order valence-electron chi connectivity index (χ1n) is 6.55. The fourth-order valence-electron chi connectivity index (χ4n) is 1.74. The van der Waals surface area contributed by atoms with E-state index in [0.717, 1.165) is 18.0 Å². The molecule has 0 fully saturated rings. The number of ether oxygens (including phenoxy) is 2. The highest BCUT2D eigenvalue weighted by Crippen LogP contribution is 2.34. The van der Waals surface area contributed by atoms with E-state index in [9.17, 15) is 0 Å². The minimum Gasteiger partial charge on any atom is -0.493 e. The molecule has 0 bridgehead atoms. The smallest absolute Gasteiger partial charge is 0.161 e. The lowest BCUT2D eigenvalue weighted by Gasteiger charge is -2.19. The van der Waals surface area contributed by atoms with Crippen LogP contribution in [0.2, 0.25) is 0 Å². The van der Waals surface area contributed by atoms with Gasteiger partial charge in [0, 0.05) is 17.5 Å². The van der Waals surface area contributed by atoms with Crippen LogP contribution in [0.4, 0.5) is 0 Å². The van der Waals surface area contributed by atoms with Crippen LogP contribution in [-0.4, -0.2) is 26.5 Å². The Hall–Kier alpha value is -0.870. The van der Waals surface area contributed by atoms with Crippen LogP contribution in [0.25, 0.3) is 0 Å². The van der Waals surface area contributed by atoms with Crippen molar-refractivity contribution in [1.29, 1.82) is 0 Å². The van der Waals surface area contributed by atoms with Gasteiger partial charge >= 0.3 is 0 Å². The third-order valence-electron chi connectivity index (χ3n) is 3.40. The number of benzene rings is 1. The second-order valence-corrected chi connectivity index (χ2v) is 5.78. The molecule has 3 nitrogen and oxygen atoms in total. The molecule has 1 atom stereocenters. The summed E-state index contributed by atoms with van der Waals surface area (Å²) < 4.78 is 10.7. The van der Waals surface area contributed by atoms with Crippen molar-refractivity contribution in [3.8, 4) is 11.5 Å². The molecule has 0 aliphatic rings. The lowest BCUT2D eigenvalue weighted by molar-refractivity contribution is 0.352. The fraction of sp³-hybridized carbons (Fsp3) is 0.600. The summed E-state index contributed by atoms with van der Waals surface area (Å²) in [5, 5.41) is 3.55. The van der Waals surface area contributed by atoms with Gasteiger partial charge in [-0.2, -0.15) is 0 Å². The van der Waals surface area contributed by atoms with Crippen molar-refractivity contribution in [2.45, 2.75) is 38.3 Å². The van der Waals surface area contributed by atoms with Crippen LogP contribution in [-0.2, 0) is 6.54 Å². The van der Waals surface area contributed by atoms with Crippen molar-refractivity contribution >= 4 is 11.8 Å². The summed E-state index contributed by atoms with van der Waals surface area (Å²) in [6.45, 7) is 7.50. The molecule has 108 valence electrons. The van der Waals surface area contributed by atoms with E-state index in [4.69, 9.17) is 9.47 Å². The standard InChI is InChI=1S/C15H25NO2S/c1-10(2)11(3)16-9-12-7-13(17-4)14(18-5)8-15(12)19-6/h7-8,10-11,16H,9H2,1-6H3. The minimum atomic E-state index is 0.489. The zero-order valence-corrected chi connectivity index (χ0v) is 13.6. The second-order valence-electron chi connectivity index (χ2n) is 4.93. The first kappa shape index (κ1) is 16.2. The first-order valence-corrected chi connectivity index (χ1v) is 7.78. The largest absolute Gasteiger partial charge is 0.493 e. The molecule has 1 rings (SSSR count). The van der Waals surface area contributed by atoms with Gasteiger partial charge in [0.15, 0.2) is 11.5 Å². The van der Waals surface area contributed by atoms with E-state index in [0.29, 0.717) is 12.0 Å². The molecule has 1 unspecified atom stereocenters. The Kier molecular flexibility index (Phi) is 6.52. The number of hydrogen-bond acceptors (Lipinski definition) is 4. The fourth-order valence-corrected chi connectivity index (χ4v) is 2.36. The van der Waals surface area contributed by atoms with Crippen molar-refractivity contribution < 1.29 is 9.47 Å². The zero-order chi connectivity index (χ0) is 14.4. The van der Waals surface area contributed by atoms with Gasteiger partial charge in [-0.3, -0.25) is 0 Å². The van der Waals surface area contributed by atoms with Gasteiger partial charge < -0.3 is 14.8 Å². The molecule has 1 aromatic rings. The lowest BCUT2D eigenvalue weighted by Crippen LogP contribution is -2.30. The summed E-state index contributed by atoms with van der Waals surface area (Å²) in [5.41, 5.74) is 1.25. The zero-order valence-electron chi connectivity index (χ0n) is 12.7. The Morgan fingerprint density at radius 2 is 1.68 bits per heavy atom. The molecular formula is C15H25NO2S. The van der Waals surface area contributed by atoms with E-state index >= 15 is 0 Å². The van der Waals surface area contributed by atoms with Gasteiger partial charge in [-0.15, -0.1) is 11.8 Å². The summed E-state index contributed by atoms with van der Waals surface area (Å²) in [7, 11) is 3.34. The van der Waals surface area contributed by atoms with Gasteiger partial charge in [0.2, 0.25) is 0 Å². The van der Waals surface area contributed by atoms with Gasteiger partial charge in [0.05, 0.1) is 14.2 Å². The average Bonchev–Trinajstić information content (AvgIpc) is 2.43. The highest BCUT2D eigenvalue weighted by atomic mass is 32.2. The third kappa shape index (κ3) is 4.32. The molecular weight excluding hydrogens is 258 g/mol. The minimum absolute atomic E-state index is 0.489. The number of hydrogen-bond donors (Lipinski definition) is 1. The predicted molar refractivity (Wildman–Crippen MR) is 82.5 cm³/mol. The number of nitrogens with one attached hydrogen (secondary N) is 1. The molecule has 1 N–H and O–H groups in total. The Morgan fingerprint density at radius 3 is 2.16 bits per heavy atom. The summed E-state index contributed by atoms with van der Waals surface area (Å²) in [6.07, 6.45) is 2.08. The average molecular weight is 283 g/mol. The Balaban J connectivity index is 2.92. The molecule has 0 aliphatic heterocycles. The molecule has 0 heterocycles. The van der Waals surface area contributed by atoms with E-state index < -0.39 is 0 Å². The lowest BCUT2D eigenvalue weighted by atomic mass is 10.1. The SMILES string of the molecule is COc1cc(CNC(C)C(C)C)c(SC)cc1OC. The Bertz CT molecular complexity index is 407. The van der Waals surface area contributed by atoms with E-state index in [1.807, 2.05) is 6.07 Å². The molecule has 0 saturated heterocycles. The second kappa shape index (κ2) is 7.65. The molecule has 0 radical (unpaired) electrons. The first-order chi connectivity index (χ1) is 9.03. The van der Waals surface area contributed by atoms with Crippen LogP contribution in [0.3, 0.4) is 0 Å². The monoisotopic (exact) mass is 283 g/mol. The highest BCUT2D eigenvalue weighted by molar-refractivity contribution is 7.98. The van der Waals surface area contributed by atoms with E-state index in [-0.39, 0.29) is 0 Å². The van der Waals surface area contributed by atoms with Crippen molar-refractivity contribution in [3.05, 3.63) is 17.7 Å². The summed E-state index contributed by atoms with van der Waals surface area (Å²) >= 11 is 1.73. The predicted octanol–water partition coefficient (Wildman–Crippen LogP) is 3.56. The third-order valence-corrected chi connectivity index (χ3v) is 4.22. The van der Waals surface area contributed by atoms with Crippen LogP contribution in [0.5, 0.6) is 11.5 Å². The normalized spacial score (nSPS) is 12.6. The number of rotatable bonds is 7. The summed E-state index contributed by atoms with van der Waals surface area (Å²) in [6, 6.07) is 4.59. The molecule has 0 aromatic heterocycles. The Labute approximate surface area is 121 Å². The van der Waals surface area contributed by atoms with Crippen molar-refractivity contribution in [2.24, 2.45) is 5.92 Å². The highest BCUT2D eigenvalue weighted by Gasteiger charge is 2.12. The van der Waals surface area contributed by atoms with Gasteiger partial charge in [-0.05, 0) is 36.8 Å². The Morgan fingerprint density at radius 1 is 1.11 bits per heavy atom. The van der Waals surface area contributed by atoms with Crippen LogP contribution < -0.4 is 14.8 Å².